The van der Waals surface area contributed by atoms with Gasteiger partial charge in [-0.15, -0.1) is 0 Å². The zero-order chi connectivity index (χ0) is 7.49. The third-order valence-corrected chi connectivity index (χ3v) is 8.49. The van der Waals surface area contributed by atoms with Crippen LogP contribution in [0.3, 0.4) is 0 Å². The van der Waals surface area contributed by atoms with Crippen LogP contribution in [0.1, 0.15) is 20.8 Å². The maximum absolute atomic E-state index is 5.67. The Morgan fingerprint density at radius 3 is 1.44 bits per heavy atom. The molecule has 1 nitrogen and oxygen atoms in total. The van der Waals surface area contributed by atoms with Gasteiger partial charge < -0.3 is 0 Å². The van der Waals surface area contributed by atoms with Gasteiger partial charge in [-0.2, -0.15) is 0 Å². The predicted octanol–water partition coefficient (Wildman–Crippen LogP) is 1.63. The number of hydrogen-bond acceptors (Lipinski definition) is 1. The molecule has 0 aromatic rings. The maximum atomic E-state index is 5.67. The molecule has 0 atom stereocenters. The monoisotopic (exact) mass is 301 g/mol. The summed E-state index contributed by atoms with van der Waals surface area (Å²) in [6, 6.07) is 0. The van der Waals surface area contributed by atoms with E-state index in [-0.39, 0.29) is 34.1 Å². The molecule has 5 heteroatoms. The van der Waals surface area contributed by atoms with Crippen LogP contribution in [0.15, 0.2) is 0 Å². The molecule has 0 fully saturated rings. The van der Waals surface area contributed by atoms with Crippen LogP contribution in [0.25, 0.3) is 0 Å². The van der Waals surface area contributed by atoms with Crippen molar-refractivity contribution in [2.24, 2.45) is 0 Å². The molecule has 0 aliphatic carbocycles. The van der Waals surface area contributed by atoms with Gasteiger partial charge in [-0.25, -0.2) is 0 Å². The molecule has 0 N–H and O–H groups in total. The molecule has 9 heavy (non-hydrogen) atoms. The van der Waals surface area contributed by atoms with Crippen molar-refractivity contribution in [1.82, 2.24) is 2.93 Å². The SMILES string of the molecule is CC(C)(C)N([Se]Cl)[Se]Cl. The normalized spacial score (nSPS) is 12.7. The van der Waals surface area contributed by atoms with Crippen molar-refractivity contribution in [2.45, 2.75) is 26.3 Å². The Kier molecular flexibility index (Phi) is 5.24. The van der Waals surface area contributed by atoms with Gasteiger partial charge in [0.25, 0.3) is 0 Å². The summed E-state index contributed by atoms with van der Waals surface area (Å²) in [5.41, 5.74) is 0.142. The average molecular weight is 300 g/mol. The van der Waals surface area contributed by atoms with E-state index in [9.17, 15) is 0 Å². The zero-order valence-corrected chi connectivity index (χ0v) is 10.5. The molecule has 0 unspecified atom stereocenters. The molecule has 0 spiro atoms. The van der Waals surface area contributed by atoms with Gasteiger partial charge >= 0.3 is 78.0 Å². The first kappa shape index (κ1) is 10.6. The van der Waals surface area contributed by atoms with Crippen LogP contribution >= 0.6 is 20.2 Å². The third-order valence-electron chi connectivity index (χ3n) is 0.673. The Morgan fingerprint density at radius 1 is 1.11 bits per heavy atom. The zero-order valence-electron chi connectivity index (χ0n) is 5.52. The van der Waals surface area contributed by atoms with Crippen molar-refractivity contribution >= 4 is 48.7 Å². The number of rotatable bonds is 2. The summed E-state index contributed by atoms with van der Waals surface area (Å²) in [7, 11) is 11.3. The van der Waals surface area contributed by atoms with Crippen LogP contribution in [0.2, 0.25) is 0 Å². The van der Waals surface area contributed by atoms with Crippen molar-refractivity contribution < 1.29 is 0 Å². The Balaban J connectivity index is 3.79. The number of halogens is 2. The molecular formula is C4H9Cl2NSe2. The number of nitrogens with zero attached hydrogens (tertiary/aromatic N) is 1. The minimum absolute atomic E-state index is 0.0278. The Morgan fingerprint density at radius 2 is 1.44 bits per heavy atom. The summed E-state index contributed by atoms with van der Waals surface area (Å²) in [6.07, 6.45) is 0. The van der Waals surface area contributed by atoms with E-state index >= 15 is 0 Å². The van der Waals surface area contributed by atoms with Crippen molar-refractivity contribution in [3.8, 4) is 0 Å². The van der Waals surface area contributed by atoms with Crippen LogP contribution in [0.4, 0.5) is 0 Å². The van der Waals surface area contributed by atoms with Crippen molar-refractivity contribution in [3.05, 3.63) is 0 Å². The van der Waals surface area contributed by atoms with Crippen LogP contribution in [-0.2, 0) is 0 Å². The van der Waals surface area contributed by atoms with Gasteiger partial charge in [0.15, 0.2) is 0 Å². The van der Waals surface area contributed by atoms with Gasteiger partial charge in [0, 0.05) is 0 Å². The van der Waals surface area contributed by atoms with E-state index in [4.69, 9.17) is 20.2 Å². The molecule has 0 aromatic heterocycles. The molecule has 0 amide bonds. The standard InChI is InChI=1S/C4H9Cl2NSe2/c1-4(2,3)7(8-5)9-6/h1-3H3. The summed E-state index contributed by atoms with van der Waals surface area (Å²) >= 11 is 0.0556. The fourth-order valence-electron chi connectivity index (χ4n) is 0.218. The summed E-state index contributed by atoms with van der Waals surface area (Å²) in [5.74, 6) is 0. The van der Waals surface area contributed by atoms with Gasteiger partial charge in [0.05, 0.1) is 0 Å². The van der Waals surface area contributed by atoms with E-state index < -0.39 is 0 Å². The predicted molar refractivity (Wildman–Crippen MR) is 44.8 cm³/mol. The quantitative estimate of drug-likeness (QED) is 0.701. The summed E-state index contributed by atoms with van der Waals surface area (Å²) in [4.78, 5) is 0. The van der Waals surface area contributed by atoms with E-state index in [1.807, 2.05) is 0 Å². The Labute approximate surface area is 77.6 Å². The van der Waals surface area contributed by atoms with Crippen molar-refractivity contribution in [3.63, 3.8) is 0 Å². The summed E-state index contributed by atoms with van der Waals surface area (Å²) in [5, 5.41) is 0. The van der Waals surface area contributed by atoms with E-state index in [1.54, 1.807) is 0 Å². The van der Waals surface area contributed by atoms with Crippen LogP contribution < -0.4 is 0 Å². The van der Waals surface area contributed by atoms with Crippen LogP contribution in [0.5, 0.6) is 0 Å². The first-order valence-corrected chi connectivity index (χ1v) is 8.43. The van der Waals surface area contributed by atoms with E-state index in [0.29, 0.717) is 0 Å². The average Bonchev–Trinajstić information content (AvgIpc) is 1.65. The summed E-state index contributed by atoms with van der Waals surface area (Å²) < 4.78 is 2.09. The van der Waals surface area contributed by atoms with Gasteiger partial charge in [0.2, 0.25) is 0 Å². The van der Waals surface area contributed by atoms with Gasteiger partial charge in [-0.05, 0) is 0 Å². The molecule has 56 valence electrons. The van der Waals surface area contributed by atoms with E-state index in [0.717, 1.165) is 0 Å². The number of hydrogen-bond donors (Lipinski definition) is 0. The molecule has 0 heterocycles. The topological polar surface area (TPSA) is 3.24 Å². The fraction of sp³-hybridized carbons (Fsp3) is 1.00. The fourth-order valence-corrected chi connectivity index (χ4v) is 5.81. The molecule has 0 bridgehead atoms. The van der Waals surface area contributed by atoms with Crippen molar-refractivity contribution in [1.29, 1.82) is 0 Å². The molecule has 0 radical (unpaired) electrons. The second-order valence-electron chi connectivity index (χ2n) is 2.57. The van der Waals surface area contributed by atoms with Gasteiger partial charge in [0.1, 0.15) is 0 Å². The van der Waals surface area contributed by atoms with Gasteiger partial charge in [-0.1, -0.05) is 0 Å². The molecule has 0 saturated heterocycles. The minimum atomic E-state index is 0.0278. The third kappa shape index (κ3) is 4.10. The Hall–Kier alpha value is 1.58. The molecule has 0 rings (SSSR count). The molecule has 0 aliphatic rings. The van der Waals surface area contributed by atoms with Crippen LogP contribution in [0, 0.1) is 0 Å². The van der Waals surface area contributed by atoms with Gasteiger partial charge in [-0.3, -0.25) is 0 Å². The first-order chi connectivity index (χ1) is 4.02. The molecule has 0 aliphatic heterocycles. The Bertz CT molecular complexity index is 79.1. The molecular weight excluding hydrogens is 291 g/mol. The van der Waals surface area contributed by atoms with Crippen LogP contribution in [-0.4, -0.2) is 37.0 Å². The molecule has 0 aromatic carbocycles. The summed E-state index contributed by atoms with van der Waals surface area (Å²) in [6.45, 7) is 6.34. The van der Waals surface area contributed by atoms with Crippen molar-refractivity contribution in [2.75, 3.05) is 0 Å². The first-order valence-electron chi connectivity index (χ1n) is 2.40. The van der Waals surface area contributed by atoms with E-state index in [2.05, 4.69) is 23.7 Å². The second kappa shape index (κ2) is 4.46. The van der Waals surface area contributed by atoms with E-state index in [1.165, 1.54) is 0 Å². The molecule has 0 saturated carbocycles. The second-order valence-corrected chi connectivity index (χ2v) is 7.28.